The number of rotatable bonds is 4. The van der Waals surface area contributed by atoms with Crippen molar-refractivity contribution in [3.05, 3.63) is 11.5 Å². The van der Waals surface area contributed by atoms with E-state index in [2.05, 4.69) is 15.3 Å². The topological polar surface area (TPSA) is 67.3 Å². The first-order chi connectivity index (χ1) is 6.27. The molecule has 0 saturated carbocycles. The average molecular weight is 204 g/mol. The number of nitrogens with one attached hydrogen (secondary N) is 1. The van der Waals surface area contributed by atoms with E-state index >= 15 is 0 Å². The van der Waals surface area contributed by atoms with E-state index in [1.54, 1.807) is 0 Å². The molecule has 0 radical (unpaired) electrons. The van der Waals surface area contributed by atoms with Crippen LogP contribution < -0.4 is 10.1 Å². The number of aliphatic hydroxyl groups is 1. The first-order valence-electron chi connectivity index (χ1n) is 3.69. The molecule has 0 fully saturated rings. The summed E-state index contributed by atoms with van der Waals surface area (Å²) in [4.78, 5) is 7.63. The minimum atomic E-state index is 0.0186. The second-order valence-electron chi connectivity index (χ2n) is 2.21. The molecule has 13 heavy (non-hydrogen) atoms. The molecule has 2 N–H and O–H groups in total. The maximum atomic E-state index is 8.58. The van der Waals surface area contributed by atoms with Crippen LogP contribution in [0, 0.1) is 0 Å². The largest absolute Gasteiger partial charge is 0.491 e. The lowest BCUT2D eigenvalue weighted by molar-refractivity contribution is 0.310. The van der Waals surface area contributed by atoms with E-state index < -0.39 is 0 Å². The Balaban J connectivity index is 2.81. The average Bonchev–Trinajstić information content (AvgIpc) is 2.15. The van der Waals surface area contributed by atoms with Gasteiger partial charge in [-0.05, 0) is 11.6 Å². The van der Waals surface area contributed by atoms with Crippen molar-refractivity contribution in [2.24, 2.45) is 0 Å². The Hall–Kier alpha value is -1.07. The van der Waals surface area contributed by atoms with Crippen LogP contribution in [0.25, 0.3) is 0 Å². The van der Waals surface area contributed by atoms with Crippen molar-refractivity contribution in [3.8, 4) is 5.75 Å². The summed E-state index contributed by atoms with van der Waals surface area (Å²) in [5.41, 5.74) is 0. The summed E-state index contributed by atoms with van der Waals surface area (Å²) < 4.78 is 4.97. The molecule has 0 unspecified atom stereocenters. The zero-order valence-electron chi connectivity index (χ0n) is 7.12. The highest BCUT2D eigenvalue weighted by atomic mass is 35.5. The minimum Gasteiger partial charge on any atom is -0.491 e. The third-order valence-corrected chi connectivity index (χ3v) is 1.53. The molecule has 0 bridgehead atoms. The molecular formula is C7H10ClN3O2. The predicted octanol–water partition coefficient (Wildman–Crippen LogP) is 0.543. The molecule has 1 rings (SSSR count). The van der Waals surface area contributed by atoms with Gasteiger partial charge in [0.15, 0.2) is 11.6 Å². The van der Waals surface area contributed by atoms with Gasteiger partial charge in [0.1, 0.15) is 0 Å². The van der Waals surface area contributed by atoms with Crippen LogP contribution in [0.1, 0.15) is 0 Å². The van der Waals surface area contributed by atoms with Crippen LogP contribution >= 0.6 is 11.6 Å². The molecule has 0 saturated heterocycles. The monoisotopic (exact) mass is 203 g/mol. The highest BCUT2D eigenvalue weighted by molar-refractivity contribution is 6.28. The van der Waals surface area contributed by atoms with Crippen molar-refractivity contribution in [2.75, 3.05) is 25.6 Å². The number of methoxy groups -OCH3 is 1. The van der Waals surface area contributed by atoms with Crippen molar-refractivity contribution < 1.29 is 9.84 Å². The molecule has 1 heterocycles. The Morgan fingerprint density at radius 3 is 3.08 bits per heavy atom. The van der Waals surface area contributed by atoms with Crippen LogP contribution in [0.5, 0.6) is 5.75 Å². The minimum absolute atomic E-state index is 0.0186. The number of aromatic nitrogens is 2. The van der Waals surface area contributed by atoms with E-state index in [0.29, 0.717) is 18.1 Å². The maximum Gasteiger partial charge on any atom is 0.224 e. The number of aliphatic hydroxyl groups excluding tert-OH is 1. The molecule has 0 spiro atoms. The standard InChI is InChI=1S/C7H10ClN3O2/c1-13-5-4-10-7(8)11-6(5)9-2-3-12/h4,12H,2-3H2,1H3,(H,9,10,11). The van der Waals surface area contributed by atoms with Gasteiger partial charge in [0, 0.05) is 6.54 Å². The van der Waals surface area contributed by atoms with Crippen molar-refractivity contribution in [3.63, 3.8) is 0 Å². The molecule has 1 aromatic rings. The third kappa shape index (κ3) is 2.71. The van der Waals surface area contributed by atoms with Gasteiger partial charge in [-0.2, -0.15) is 4.98 Å². The number of nitrogens with zero attached hydrogens (tertiary/aromatic N) is 2. The molecule has 6 heteroatoms. The fourth-order valence-electron chi connectivity index (χ4n) is 0.800. The number of hydrogen-bond acceptors (Lipinski definition) is 5. The number of ether oxygens (including phenoxy) is 1. The van der Waals surface area contributed by atoms with Gasteiger partial charge in [-0.15, -0.1) is 0 Å². The van der Waals surface area contributed by atoms with Gasteiger partial charge in [-0.3, -0.25) is 0 Å². The van der Waals surface area contributed by atoms with Crippen molar-refractivity contribution >= 4 is 17.4 Å². The number of anilines is 1. The highest BCUT2D eigenvalue weighted by Gasteiger charge is 2.04. The van der Waals surface area contributed by atoms with Crippen LogP contribution in [0.4, 0.5) is 5.82 Å². The van der Waals surface area contributed by atoms with Gasteiger partial charge < -0.3 is 15.2 Å². The van der Waals surface area contributed by atoms with Gasteiger partial charge in [0.2, 0.25) is 5.28 Å². The van der Waals surface area contributed by atoms with Crippen molar-refractivity contribution in [2.45, 2.75) is 0 Å². The molecule has 0 amide bonds. The number of halogens is 1. The summed E-state index contributed by atoms with van der Waals surface area (Å²) in [6.07, 6.45) is 1.47. The second kappa shape index (κ2) is 4.84. The van der Waals surface area contributed by atoms with Gasteiger partial charge >= 0.3 is 0 Å². The lowest BCUT2D eigenvalue weighted by Crippen LogP contribution is -2.08. The van der Waals surface area contributed by atoms with E-state index in [0.717, 1.165) is 0 Å². The maximum absolute atomic E-state index is 8.58. The van der Waals surface area contributed by atoms with E-state index in [1.807, 2.05) is 0 Å². The Kier molecular flexibility index (Phi) is 3.72. The molecule has 0 atom stereocenters. The normalized spacial score (nSPS) is 9.77. The summed E-state index contributed by atoms with van der Waals surface area (Å²) in [5, 5.41) is 11.6. The summed E-state index contributed by atoms with van der Waals surface area (Å²) in [6.45, 7) is 0.411. The number of hydrogen-bond donors (Lipinski definition) is 2. The molecular weight excluding hydrogens is 194 g/mol. The van der Waals surface area contributed by atoms with Crippen LogP contribution in [0.15, 0.2) is 6.20 Å². The smallest absolute Gasteiger partial charge is 0.224 e. The SMILES string of the molecule is COc1cnc(Cl)nc1NCCO. The Morgan fingerprint density at radius 2 is 2.46 bits per heavy atom. The van der Waals surface area contributed by atoms with Crippen LogP contribution in [-0.2, 0) is 0 Å². The first kappa shape index (κ1) is 10.0. The Morgan fingerprint density at radius 1 is 1.69 bits per heavy atom. The molecule has 0 aliphatic carbocycles. The summed E-state index contributed by atoms with van der Waals surface area (Å²) in [6, 6.07) is 0. The van der Waals surface area contributed by atoms with E-state index in [-0.39, 0.29) is 11.9 Å². The van der Waals surface area contributed by atoms with E-state index in [1.165, 1.54) is 13.3 Å². The fraction of sp³-hybridized carbons (Fsp3) is 0.429. The van der Waals surface area contributed by atoms with Gasteiger partial charge in [0.05, 0.1) is 19.9 Å². The molecule has 0 aromatic carbocycles. The first-order valence-corrected chi connectivity index (χ1v) is 4.07. The molecule has 1 aromatic heterocycles. The van der Waals surface area contributed by atoms with E-state index in [4.69, 9.17) is 21.4 Å². The van der Waals surface area contributed by atoms with Crippen molar-refractivity contribution in [1.29, 1.82) is 0 Å². The van der Waals surface area contributed by atoms with Crippen LogP contribution in [0.2, 0.25) is 5.28 Å². The lowest BCUT2D eigenvalue weighted by Gasteiger charge is -2.07. The zero-order valence-corrected chi connectivity index (χ0v) is 7.88. The van der Waals surface area contributed by atoms with Gasteiger partial charge in [0.25, 0.3) is 0 Å². The Labute approximate surface area is 80.7 Å². The van der Waals surface area contributed by atoms with Crippen molar-refractivity contribution in [1.82, 2.24) is 9.97 Å². The third-order valence-electron chi connectivity index (χ3n) is 1.35. The molecule has 72 valence electrons. The lowest BCUT2D eigenvalue weighted by atomic mass is 10.5. The van der Waals surface area contributed by atoms with Crippen LogP contribution in [0.3, 0.4) is 0 Å². The molecule has 0 aliphatic rings. The van der Waals surface area contributed by atoms with Crippen LogP contribution in [-0.4, -0.2) is 35.3 Å². The highest BCUT2D eigenvalue weighted by Crippen LogP contribution is 2.20. The summed E-state index contributed by atoms with van der Waals surface area (Å²) in [7, 11) is 1.51. The van der Waals surface area contributed by atoms with Gasteiger partial charge in [-0.1, -0.05) is 0 Å². The van der Waals surface area contributed by atoms with Gasteiger partial charge in [-0.25, -0.2) is 4.98 Å². The quantitative estimate of drug-likeness (QED) is 0.700. The Bertz CT molecular complexity index is 282. The molecule has 5 nitrogen and oxygen atoms in total. The van der Waals surface area contributed by atoms with E-state index in [9.17, 15) is 0 Å². The summed E-state index contributed by atoms with van der Waals surface area (Å²) in [5.74, 6) is 0.981. The summed E-state index contributed by atoms with van der Waals surface area (Å²) >= 11 is 5.57. The second-order valence-corrected chi connectivity index (χ2v) is 2.54. The predicted molar refractivity (Wildman–Crippen MR) is 49.2 cm³/mol. The molecule has 0 aliphatic heterocycles. The zero-order chi connectivity index (χ0) is 9.68. The fourth-order valence-corrected chi connectivity index (χ4v) is 0.933.